The number of nitrogens with zero attached hydrogens (tertiary/aromatic N) is 1. The SMILES string of the molecule is CC(C)(C)C(=O)/C(C#N)=C/NCCC(=O)O. The molecule has 0 aliphatic heterocycles. The Morgan fingerprint density at radius 2 is 2.00 bits per heavy atom. The zero-order valence-corrected chi connectivity index (χ0v) is 9.70. The van der Waals surface area contributed by atoms with Crippen LogP contribution in [-0.4, -0.2) is 23.4 Å². The summed E-state index contributed by atoms with van der Waals surface area (Å²) in [5.41, 5.74) is -0.603. The normalized spacial score (nSPS) is 11.8. The van der Waals surface area contributed by atoms with Gasteiger partial charge in [-0.1, -0.05) is 20.8 Å². The number of carbonyl (C=O) groups is 2. The largest absolute Gasteiger partial charge is 0.481 e. The molecule has 0 saturated carbocycles. The summed E-state index contributed by atoms with van der Waals surface area (Å²) in [6.07, 6.45) is 1.22. The van der Waals surface area contributed by atoms with Crippen molar-refractivity contribution >= 4 is 11.8 Å². The molecule has 0 bridgehead atoms. The highest BCUT2D eigenvalue weighted by atomic mass is 16.4. The molecule has 0 aliphatic carbocycles. The van der Waals surface area contributed by atoms with E-state index >= 15 is 0 Å². The van der Waals surface area contributed by atoms with Gasteiger partial charge in [-0.3, -0.25) is 9.59 Å². The molecule has 0 aromatic heterocycles. The van der Waals surface area contributed by atoms with Crippen LogP contribution >= 0.6 is 0 Å². The van der Waals surface area contributed by atoms with Gasteiger partial charge in [-0.15, -0.1) is 0 Å². The van der Waals surface area contributed by atoms with Crippen molar-refractivity contribution in [2.45, 2.75) is 27.2 Å². The van der Waals surface area contributed by atoms with Crippen LogP contribution in [0.4, 0.5) is 0 Å². The van der Waals surface area contributed by atoms with Gasteiger partial charge in [0.05, 0.1) is 6.42 Å². The number of aliphatic carboxylic acids is 1. The number of hydrogen-bond donors (Lipinski definition) is 2. The van der Waals surface area contributed by atoms with Crippen molar-refractivity contribution in [2.24, 2.45) is 5.41 Å². The van der Waals surface area contributed by atoms with Gasteiger partial charge in [0.1, 0.15) is 11.6 Å². The molecule has 0 aliphatic rings. The van der Waals surface area contributed by atoms with Gasteiger partial charge in [0, 0.05) is 18.2 Å². The summed E-state index contributed by atoms with van der Waals surface area (Å²) in [7, 11) is 0. The number of ketones is 1. The number of nitriles is 1. The number of carbonyl (C=O) groups excluding carboxylic acids is 1. The van der Waals surface area contributed by atoms with Crippen molar-refractivity contribution in [1.82, 2.24) is 5.32 Å². The fourth-order valence-corrected chi connectivity index (χ4v) is 0.906. The Morgan fingerprint density at radius 3 is 2.38 bits per heavy atom. The number of carboxylic acid groups (broad SMARTS) is 1. The molecule has 0 unspecified atom stereocenters. The van der Waals surface area contributed by atoms with E-state index in [1.54, 1.807) is 26.8 Å². The molecular weight excluding hydrogens is 208 g/mol. The van der Waals surface area contributed by atoms with Gasteiger partial charge in [-0.2, -0.15) is 5.26 Å². The van der Waals surface area contributed by atoms with Crippen LogP contribution in [0, 0.1) is 16.7 Å². The maximum atomic E-state index is 11.7. The van der Waals surface area contributed by atoms with Crippen LogP contribution in [0.3, 0.4) is 0 Å². The average Bonchev–Trinajstić information content (AvgIpc) is 2.15. The Balaban J connectivity index is 4.41. The minimum atomic E-state index is -0.929. The Labute approximate surface area is 94.8 Å². The van der Waals surface area contributed by atoms with Gasteiger partial charge in [-0.05, 0) is 0 Å². The van der Waals surface area contributed by atoms with Crippen LogP contribution in [0.1, 0.15) is 27.2 Å². The molecule has 5 heteroatoms. The van der Waals surface area contributed by atoms with E-state index in [2.05, 4.69) is 5.32 Å². The minimum absolute atomic E-state index is 0.0119. The molecule has 0 spiro atoms. The molecule has 88 valence electrons. The zero-order chi connectivity index (χ0) is 12.8. The second-order valence-corrected chi connectivity index (χ2v) is 4.35. The molecular formula is C11H16N2O3. The molecule has 0 fully saturated rings. The molecule has 0 heterocycles. The van der Waals surface area contributed by atoms with Crippen LogP contribution in [0.5, 0.6) is 0 Å². The summed E-state index contributed by atoms with van der Waals surface area (Å²) in [5.74, 6) is -1.20. The molecule has 16 heavy (non-hydrogen) atoms. The van der Waals surface area contributed by atoms with E-state index in [4.69, 9.17) is 10.4 Å². The predicted molar refractivity (Wildman–Crippen MR) is 58.4 cm³/mol. The van der Waals surface area contributed by atoms with Crippen LogP contribution < -0.4 is 5.32 Å². The van der Waals surface area contributed by atoms with Gasteiger partial charge in [0.25, 0.3) is 0 Å². The molecule has 5 nitrogen and oxygen atoms in total. The van der Waals surface area contributed by atoms with E-state index in [0.717, 1.165) is 0 Å². The maximum Gasteiger partial charge on any atom is 0.305 e. The van der Waals surface area contributed by atoms with E-state index in [9.17, 15) is 9.59 Å². The van der Waals surface area contributed by atoms with Crippen LogP contribution in [0.25, 0.3) is 0 Å². The lowest BCUT2D eigenvalue weighted by molar-refractivity contribution is -0.136. The first-order valence-corrected chi connectivity index (χ1v) is 4.89. The van der Waals surface area contributed by atoms with Crippen molar-refractivity contribution in [2.75, 3.05) is 6.54 Å². The summed E-state index contributed by atoms with van der Waals surface area (Å²) in [4.78, 5) is 21.9. The standard InChI is InChI=1S/C11H16N2O3/c1-11(2,3)10(16)8(6-12)7-13-5-4-9(14)15/h7,13H,4-5H2,1-3H3,(H,14,15)/b8-7+. The first kappa shape index (κ1) is 14.2. The Morgan fingerprint density at radius 1 is 1.44 bits per heavy atom. The average molecular weight is 224 g/mol. The summed E-state index contributed by atoms with van der Waals surface area (Å²) in [6, 6.07) is 1.80. The highest BCUT2D eigenvalue weighted by Crippen LogP contribution is 2.18. The number of hydrogen-bond acceptors (Lipinski definition) is 4. The van der Waals surface area contributed by atoms with Gasteiger partial charge >= 0.3 is 5.97 Å². The van der Waals surface area contributed by atoms with Crippen LogP contribution in [0.2, 0.25) is 0 Å². The summed E-state index contributed by atoms with van der Waals surface area (Å²) >= 11 is 0. The second-order valence-electron chi connectivity index (χ2n) is 4.35. The van der Waals surface area contributed by atoms with E-state index in [0.29, 0.717) is 0 Å². The van der Waals surface area contributed by atoms with Crippen LogP contribution in [0.15, 0.2) is 11.8 Å². The second kappa shape index (κ2) is 5.91. The first-order chi connectivity index (χ1) is 7.29. The van der Waals surface area contributed by atoms with E-state index < -0.39 is 11.4 Å². The minimum Gasteiger partial charge on any atom is -0.481 e. The third-order valence-corrected chi connectivity index (χ3v) is 1.78. The molecule has 0 aromatic carbocycles. The topological polar surface area (TPSA) is 90.2 Å². The van der Waals surface area contributed by atoms with Crippen molar-refractivity contribution in [3.05, 3.63) is 11.8 Å². The molecule has 0 atom stereocenters. The van der Waals surface area contributed by atoms with Crippen molar-refractivity contribution in [3.8, 4) is 6.07 Å². The van der Waals surface area contributed by atoms with E-state index in [1.165, 1.54) is 6.20 Å². The lowest BCUT2D eigenvalue weighted by atomic mass is 9.87. The molecule has 0 amide bonds. The zero-order valence-electron chi connectivity index (χ0n) is 9.70. The monoisotopic (exact) mass is 224 g/mol. The van der Waals surface area contributed by atoms with Gasteiger partial charge < -0.3 is 10.4 Å². The lowest BCUT2D eigenvalue weighted by Crippen LogP contribution is -2.23. The Hall–Kier alpha value is -1.83. The van der Waals surface area contributed by atoms with E-state index in [-0.39, 0.29) is 24.3 Å². The molecule has 0 radical (unpaired) electrons. The van der Waals surface area contributed by atoms with Crippen LogP contribution in [-0.2, 0) is 9.59 Å². The number of nitrogens with one attached hydrogen (secondary N) is 1. The van der Waals surface area contributed by atoms with Crippen molar-refractivity contribution < 1.29 is 14.7 Å². The molecule has 2 N–H and O–H groups in total. The van der Waals surface area contributed by atoms with Crippen molar-refractivity contribution in [3.63, 3.8) is 0 Å². The third-order valence-electron chi connectivity index (χ3n) is 1.78. The fraction of sp³-hybridized carbons (Fsp3) is 0.545. The fourth-order valence-electron chi connectivity index (χ4n) is 0.906. The van der Waals surface area contributed by atoms with Gasteiger partial charge in [0.2, 0.25) is 0 Å². The van der Waals surface area contributed by atoms with E-state index in [1.807, 2.05) is 0 Å². The summed E-state index contributed by atoms with van der Waals surface area (Å²) < 4.78 is 0. The van der Waals surface area contributed by atoms with Gasteiger partial charge in [0.15, 0.2) is 5.78 Å². The highest BCUT2D eigenvalue weighted by molar-refractivity contribution is 6.02. The molecule has 0 aromatic rings. The predicted octanol–water partition coefficient (Wildman–Crippen LogP) is 1.07. The van der Waals surface area contributed by atoms with Crippen molar-refractivity contribution in [1.29, 1.82) is 5.26 Å². The Bertz CT molecular complexity index is 345. The number of allylic oxidation sites excluding steroid dienone is 1. The lowest BCUT2D eigenvalue weighted by Gasteiger charge is -2.15. The summed E-state index contributed by atoms with van der Waals surface area (Å²) in [6.45, 7) is 5.35. The smallest absolute Gasteiger partial charge is 0.305 e. The quantitative estimate of drug-likeness (QED) is 0.414. The maximum absolute atomic E-state index is 11.7. The molecule has 0 rings (SSSR count). The number of carboxylic acids is 1. The first-order valence-electron chi connectivity index (χ1n) is 4.89. The third kappa shape index (κ3) is 5.15. The number of rotatable bonds is 5. The molecule has 0 saturated heterocycles. The summed E-state index contributed by atoms with van der Waals surface area (Å²) in [5, 5.41) is 19.8. The highest BCUT2D eigenvalue weighted by Gasteiger charge is 2.24. The number of Topliss-reactive ketones (excluding diaryl/α,β-unsaturated/α-hetero) is 1. The van der Waals surface area contributed by atoms with Gasteiger partial charge in [-0.25, -0.2) is 0 Å². The Kier molecular flexibility index (Phi) is 5.23.